The maximum absolute atomic E-state index is 6.15. The number of nitrogens with zero attached hydrogens (tertiary/aromatic N) is 1. The third-order valence-electron chi connectivity index (χ3n) is 4.20. The lowest BCUT2D eigenvalue weighted by atomic mass is 9.96. The van der Waals surface area contributed by atoms with Gasteiger partial charge in [-0.05, 0) is 30.5 Å². The molecule has 4 nitrogen and oxygen atoms in total. The maximum atomic E-state index is 6.15. The van der Waals surface area contributed by atoms with Crippen molar-refractivity contribution in [1.29, 1.82) is 0 Å². The van der Waals surface area contributed by atoms with Crippen molar-refractivity contribution in [3.63, 3.8) is 0 Å². The van der Waals surface area contributed by atoms with Crippen molar-refractivity contribution in [3.05, 3.63) is 28.3 Å². The molecule has 0 spiro atoms. The summed E-state index contributed by atoms with van der Waals surface area (Å²) < 4.78 is 5.68. The molecule has 0 saturated heterocycles. The first-order valence-electron chi connectivity index (χ1n) is 7.73. The van der Waals surface area contributed by atoms with E-state index in [-0.39, 0.29) is 24.0 Å². The van der Waals surface area contributed by atoms with E-state index in [1.54, 1.807) is 0 Å². The second kappa shape index (κ2) is 8.24. The van der Waals surface area contributed by atoms with Crippen LogP contribution in [0.4, 0.5) is 0 Å². The normalized spacial score (nSPS) is 18.3. The average Bonchev–Trinajstić information content (AvgIpc) is 2.94. The van der Waals surface area contributed by atoms with E-state index < -0.39 is 0 Å². The van der Waals surface area contributed by atoms with Gasteiger partial charge in [0.05, 0.1) is 13.2 Å². The summed E-state index contributed by atoms with van der Waals surface area (Å²) in [6, 6.07) is 4.37. The first-order chi connectivity index (χ1) is 10.2. The Morgan fingerprint density at radius 1 is 1.32 bits per heavy atom. The van der Waals surface area contributed by atoms with Gasteiger partial charge in [-0.15, -0.1) is 24.0 Å². The minimum Gasteiger partial charge on any atom is -0.493 e. The van der Waals surface area contributed by atoms with E-state index in [4.69, 9.17) is 22.1 Å². The summed E-state index contributed by atoms with van der Waals surface area (Å²) in [6.07, 6.45) is 7.18. The molecule has 1 aromatic carbocycles. The number of nitrogens with two attached hydrogens (primary N) is 1. The molecule has 1 aliphatic carbocycles. The first-order valence-corrected chi connectivity index (χ1v) is 8.11. The van der Waals surface area contributed by atoms with Crippen LogP contribution in [0.1, 0.15) is 43.2 Å². The largest absolute Gasteiger partial charge is 0.493 e. The zero-order valence-electron chi connectivity index (χ0n) is 12.6. The Bertz CT molecular complexity index is 544. The van der Waals surface area contributed by atoms with Crippen LogP contribution in [0, 0.1) is 0 Å². The van der Waals surface area contributed by atoms with E-state index in [0.29, 0.717) is 18.5 Å². The molecular formula is C16H23ClIN3O. The molecule has 22 heavy (non-hydrogen) atoms. The van der Waals surface area contributed by atoms with E-state index >= 15 is 0 Å². The average molecular weight is 436 g/mol. The Hall–Kier alpha value is -0.690. The molecule has 122 valence electrons. The smallest absolute Gasteiger partial charge is 0.189 e. The van der Waals surface area contributed by atoms with Crippen LogP contribution in [-0.2, 0) is 13.0 Å². The number of hydrogen-bond acceptors (Lipinski definition) is 2. The molecule has 0 bridgehead atoms. The molecule has 0 radical (unpaired) electrons. The van der Waals surface area contributed by atoms with Crippen LogP contribution in [0.25, 0.3) is 0 Å². The molecule has 1 aromatic rings. The van der Waals surface area contributed by atoms with Crippen LogP contribution < -0.4 is 15.8 Å². The fourth-order valence-electron chi connectivity index (χ4n) is 3.14. The highest BCUT2D eigenvalue weighted by Crippen LogP contribution is 2.33. The van der Waals surface area contributed by atoms with Crippen LogP contribution in [-0.4, -0.2) is 18.6 Å². The SMILES string of the molecule is I.NC(=NCc1cc(Cl)cc2c1OCC2)NC1CCCCC1. The van der Waals surface area contributed by atoms with Crippen LogP contribution in [0.5, 0.6) is 5.75 Å². The minimum absolute atomic E-state index is 0. The van der Waals surface area contributed by atoms with Gasteiger partial charge < -0.3 is 15.8 Å². The van der Waals surface area contributed by atoms with Gasteiger partial charge in [0.25, 0.3) is 0 Å². The number of halogens is 2. The standard InChI is InChI=1S/C16H22ClN3O.HI/c17-13-8-11-6-7-21-15(11)12(9-13)10-19-16(18)20-14-4-2-1-3-5-14;/h8-9,14H,1-7,10H2,(H3,18,19,20);1H. The van der Waals surface area contributed by atoms with Crippen molar-refractivity contribution in [1.82, 2.24) is 5.32 Å². The monoisotopic (exact) mass is 435 g/mol. The number of guanidine groups is 1. The Labute approximate surface area is 153 Å². The molecule has 0 aromatic heterocycles. The van der Waals surface area contributed by atoms with Gasteiger partial charge in [0.2, 0.25) is 0 Å². The molecule has 3 rings (SSSR count). The summed E-state index contributed by atoms with van der Waals surface area (Å²) in [5.74, 6) is 1.46. The van der Waals surface area contributed by atoms with Crippen LogP contribution >= 0.6 is 35.6 Å². The summed E-state index contributed by atoms with van der Waals surface area (Å²) in [7, 11) is 0. The lowest BCUT2D eigenvalue weighted by Crippen LogP contribution is -2.41. The first kappa shape index (κ1) is 17.7. The quantitative estimate of drug-likeness (QED) is 0.433. The number of rotatable bonds is 3. The third kappa shape index (κ3) is 4.41. The highest BCUT2D eigenvalue weighted by molar-refractivity contribution is 14.0. The van der Waals surface area contributed by atoms with Gasteiger partial charge in [0.15, 0.2) is 5.96 Å². The minimum atomic E-state index is 0. The van der Waals surface area contributed by atoms with Crippen molar-refractivity contribution >= 4 is 41.5 Å². The Balaban J connectivity index is 0.00000176. The summed E-state index contributed by atoms with van der Waals surface area (Å²) in [5, 5.41) is 4.06. The second-order valence-electron chi connectivity index (χ2n) is 5.83. The summed E-state index contributed by atoms with van der Waals surface area (Å²) >= 11 is 6.15. The summed E-state index contributed by atoms with van der Waals surface area (Å²) in [5.41, 5.74) is 8.19. The Kier molecular flexibility index (Phi) is 6.62. The van der Waals surface area contributed by atoms with Crippen molar-refractivity contribution < 1.29 is 4.74 Å². The van der Waals surface area contributed by atoms with Crippen molar-refractivity contribution in [2.45, 2.75) is 51.1 Å². The predicted octanol–water partition coefficient (Wildman–Crippen LogP) is 3.63. The Morgan fingerprint density at radius 2 is 2.09 bits per heavy atom. The van der Waals surface area contributed by atoms with Gasteiger partial charge in [0, 0.05) is 23.0 Å². The molecule has 3 N–H and O–H groups in total. The predicted molar refractivity (Wildman–Crippen MR) is 101 cm³/mol. The van der Waals surface area contributed by atoms with E-state index in [1.807, 2.05) is 12.1 Å². The van der Waals surface area contributed by atoms with Crippen molar-refractivity contribution in [2.24, 2.45) is 10.7 Å². The fraction of sp³-hybridized carbons (Fsp3) is 0.562. The summed E-state index contributed by atoms with van der Waals surface area (Å²) in [4.78, 5) is 4.45. The van der Waals surface area contributed by atoms with Crippen LogP contribution in [0.15, 0.2) is 17.1 Å². The molecule has 2 aliphatic rings. The number of nitrogens with one attached hydrogen (secondary N) is 1. The lowest BCUT2D eigenvalue weighted by molar-refractivity contribution is 0.353. The number of benzene rings is 1. The zero-order valence-corrected chi connectivity index (χ0v) is 15.7. The van der Waals surface area contributed by atoms with E-state index in [1.165, 1.54) is 37.7 Å². The summed E-state index contributed by atoms with van der Waals surface area (Å²) in [6.45, 7) is 1.23. The molecular weight excluding hydrogens is 413 g/mol. The van der Waals surface area contributed by atoms with E-state index in [2.05, 4.69) is 10.3 Å². The highest BCUT2D eigenvalue weighted by Gasteiger charge is 2.18. The topological polar surface area (TPSA) is 59.6 Å². The maximum Gasteiger partial charge on any atom is 0.189 e. The molecule has 1 saturated carbocycles. The van der Waals surface area contributed by atoms with Gasteiger partial charge >= 0.3 is 0 Å². The molecule has 0 unspecified atom stereocenters. The van der Waals surface area contributed by atoms with Crippen molar-refractivity contribution in [3.8, 4) is 5.75 Å². The van der Waals surface area contributed by atoms with E-state index in [0.717, 1.165) is 29.4 Å². The van der Waals surface area contributed by atoms with Gasteiger partial charge in [0.1, 0.15) is 5.75 Å². The van der Waals surface area contributed by atoms with Crippen LogP contribution in [0.3, 0.4) is 0 Å². The van der Waals surface area contributed by atoms with E-state index in [9.17, 15) is 0 Å². The highest BCUT2D eigenvalue weighted by atomic mass is 127. The Morgan fingerprint density at radius 3 is 2.86 bits per heavy atom. The molecule has 6 heteroatoms. The molecule has 1 aliphatic heterocycles. The number of fused-ring (bicyclic) bond motifs is 1. The lowest BCUT2D eigenvalue weighted by Gasteiger charge is -2.23. The number of aliphatic imine (C=N–C) groups is 1. The number of ether oxygens (including phenoxy) is 1. The third-order valence-corrected chi connectivity index (χ3v) is 4.42. The van der Waals surface area contributed by atoms with Crippen LogP contribution in [0.2, 0.25) is 5.02 Å². The second-order valence-corrected chi connectivity index (χ2v) is 6.27. The van der Waals surface area contributed by atoms with Gasteiger partial charge in [-0.3, -0.25) is 0 Å². The molecule has 0 amide bonds. The molecule has 0 atom stereocenters. The fourth-order valence-corrected chi connectivity index (χ4v) is 3.40. The zero-order chi connectivity index (χ0) is 14.7. The number of hydrogen-bond donors (Lipinski definition) is 2. The van der Waals surface area contributed by atoms with Gasteiger partial charge in [-0.25, -0.2) is 4.99 Å². The molecule has 1 fully saturated rings. The van der Waals surface area contributed by atoms with Gasteiger partial charge in [-0.1, -0.05) is 30.9 Å². The van der Waals surface area contributed by atoms with Gasteiger partial charge in [-0.2, -0.15) is 0 Å². The molecule has 1 heterocycles. The van der Waals surface area contributed by atoms with Crippen molar-refractivity contribution in [2.75, 3.05) is 6.61 Å².